The third kappa shape index (κ3) is 5.04. The molecule has 2 aromatic carbocycles. The smallest absolute Gasteiger partial charge is 0.276 e. The molecule has 2 aromatic rings. The number of carbonyl (C=O) groups is 2. The molecule has 6 nitrogen and oxygen atoms in total. The number of nitrogens with one attached hydrogen (secondary N) is 2. The van der Waals surface area contributed by atoms with Gasteiger partial charge in [0.2, 0.25) is 0 Å². The van der Waals surface area contributed by atoms with E-state index >= 15 is 0 Å². The second-order valence-electron chi connectivity index (χ2n) is 4.60. The van der Waals surface area contributed by atoms with Crippen molar-refractivity contribution in [3.8, 4) is 11.5 Å². The Morgan fingerprint density at radius 2 is 1.62 bits per heavy atom. The highest BCUT2D eigenvalue weighted by Crippen LogP contribution is 2.25. The maximum Gasteiger partial charge on any atom is 0.276 e. The number of halogens is 2. The molecule has 0 unspecified atom stereocenters. The Morgan fingerprint density at radius 3 is 2.25 bits per heavy atom. The highest BCUT2D eigenvalue weighted by molar-refractivity contribution is 6.35. The molecule has 0 bridgehead atoms. The number of rotatable bonds is 5. The van der Waals surface area contributed by atoms with Crippen molar-refractivity contribution in [2.45, 2.75) is 0 Å². The number of amides is 2. The van der Waals surface area contributed by atoms with Crippen LogP contribution in [0, 0.1) is 0 Å². The van der Waals surface area contributed by atoms with E-state index in [-0.39, 0.29) is 12.2 Å². The quantitative estimate of drug-likeness (QED) is 0.795. The molecule has 0 spiro atoms. The van der Waals surface area contributed by atoms with Crippen molar-refractivity contribution in [2.75, 3.05) is 13.7 Å². The number of ether oxygens (including phenoxy) is 2. The van der Waals surface area contributed by atoms with Gasteiger partial charge >= 0.3 is 0 Å². The molecule has 0 aliphatic rings. The van der Waals surface area contributed by atoms with Gasteiger partial charge in [0.1, 0.15) is 0 Å². The van der Waals surface area contributed by atoms with Crippen LogP contribution in [0.1, 0.15) is 10.4 Å². The van der Waals surface area contributed by atoms with Gasteiger partial charge in [0.25, 0.3) is 11.8 Å². The molecule has 126 valence electrons. The molecule has 0 saturated carbocycles. The van der Waals surface area contributed by atoms with Crippen molar-refractivity contribution < 1.29 is 19.1 Å². The van der Waals surface area contributed by atoms with Crippen LogP contribution in [0.4, 0.5) is 0 Å². The third-order valence-electron chi connectivity index (χ3n) is 2.87. The zero-order valence-corrected chi connectivity index (χ0v) is 14.1. The molecule has 0 fully saturated rings. The fourth-order valence-corrected chi connectivity index (χ4v) is 2.33. The summed E-state index contributed by atoms with van der Waals surface area (Å²) in [5, 5.41) is 0.636. The van der Waals surface area contributed by atoms with Gasteiger partial charge in [-0.25, -0.2) is 0 Å². The van der Waals surface area contributed by atoms with Crippen LogP contribution in [0.2, 0.25) is 10.0 Å². The highest BCUT2D eigenvalue weighted by atomic mass is 35.5. The van der Waals surface area contributed by atoms with E-state index in [2.05, 4.69) is 10.9 Å². The third-order valence-corrected chi connectivity index (χ3v) is 3.30. The van der Waals surface area contributed by atoms with E-state index in [0.717, 1.165) is 0 Å². The molecule has 0 atom stereocenters. The van der Waals surface area contributed by atoms with Gasteiger partial charge in [-0.2, -0.15) is 0 Å². The van der Waals surface area contributed by atoms with E-state index in [1.807, 2.05) is 0 Å². The van der Waals surface area contributed by atoms with Gasteiger partial charge in [0, 0.05) is 15.6 Å². The van der Waals surface area contributed by atoms with Gasteiger partial charge in [0.05, 0.1) is 7.11 Å². The number of carbonyl (C=O) groups excluding carboxylic acids is 2. The van der Waals surface area contributed by atoms with Crippen LogP contribution >= 0.6 is 23.2 Å². The summed E-state index contributed by atoms with van der Waals surface area (Å²) in [6.45, 7) is -0.295. The average Bonchev–Trinajstić information content (AvgIpc) is 2.57. The number of para-hydroxylation sites is 2. The lowest BCUT2D eigenvalue weighted by atomic mass is 10.2. The van der Waals surface area contributed by atoms with Crippen molar-refractivity contribution >= 4 is 35.0 Å². The predicted octanol–water partition coefficient (Wildman–Crippen LogP) is 2.84. The summed E-state index contributed by atoms with van der Waals surface area (Å²) in [5.41, 5.74) is 4.71. The molecule has 8 heteroatoms. The normalized spacial score (nSPS) is 9.96. The van der Waals surface area contributed by atoms with Crippen LogP contribution in [-0.2, 0) is 4.79 Å². The fourth-order valence-electron chi connectivity index (χ4n) is 1.80. The van der Waals surface area contributed by atoms with Crippen LogP contribution in [0.5, 0.6) is 11.5 Å². The molecular weight excluding hydrogens is 355 g/mol. The number of hydrazine groups is 1. The van der Waals surface area contributed by atoms with Crippen molar-refractivity contribution in [2.24, 2.45) is 0 Å². The minimum Gasteiger partial charge on any atom is -0.493 e. The Balaban J connectivity index is 1.85. The second kappa shape index (κ2) is 8.42. The van der Waals surface area contributed by atoms with Gasteiger partial charge in [-0.1, -0.05) is 35.3 Å². The van der Waals surface area contributed by atoms with Crippen molar-refractivity contribution in [3.05, 3.63) is 58.1 Å². The summed E-state index contributed by atoms with van der Waals surface area (Å²) in [7, 11) is 1.50. The van der Waals surface area contributed by atoms with Gasteiger partial charge in [0.15, 0.2) is 18.1 Å². The number of methoxy groups -OCH3 is 1. The lowest BCUT2D eigenvalue weighted by Gasteiger charge is -2.11. The Kier molecular flexibility index (Phi) is 6.28. The van der Waals surface area contributed by atoms with Crippen molar-refractivity contribution in [1.29, 1.82) is 0 Å². The molecule has 0 heterocycles. The molecule has 2 N–H and O–H groups in total. The van der Waals surface area contributed by atoms with E-state index in [4.69, 9.17) is 32.7 Å². The minimum absolute atomic E-state index is 0.221. The van der Waals surface area contributed by atoms with Crippen LogP contribution in [0.25, 0.3) is 0 Å². The zero-order valence-electron chi connectivity index (χ0n) is 12.6. The van der Waals surface area contributed by atoms with Crippen LogP contribution in [-0.4, -0.2) is 25.5 Å². The Bertz CT molecular complexity index is 732. The molecule has 24 heavy (non-hydrogen) atoms. The first kappa shape index (κ1) is 17.9. The molecule has 2 rings (SSSR count). The highest BCUT2D eigenvalue weighted by Gasteiger charge is 2.10. The van der Waals surface area contributed by atoms with E-state index in [1.54, 1.807) is 24.3 Å². The SMILES string of the molecule is COc1ccccc1OCC(=O)NNC(=O)c1cc(Cl)cc(Cl)c1. The molecule has 0 saturated heterocycles. The Hall–Kier alpha value is -2.44. The van der Waals surface area contributed by atoms with Crippen molar-refractivity contribution in [1.82, 2.24) is 10.9 Å². The Labute approximate surface area is 148 Å². The Morgan fingerprint density at radius 1 is 1.00 bits per heavy atom. The summed E-state index contributed by atoms with van der Waals surface area (Å²) in [4.78, 5) is 23.7. The summed E-state index contributed by atoms with van der Waals surface area (Å²) < 4.78 is 10.4. The molecular formula is C16H14Cl2N2O4. The molecule has 0 aliphatic heterocycles. The fraction of sp³-hybridized carbons (Fsp3) is 0.125. The van der Waals surface area contributed by atoms with Gasteiger partial charge in [-0.05, 0) is 30.3 Å². The maximum absolute atomic E-state index is 11.9. The van der Waals surface area contributed by atoms with Crippen LogP contribution in [0.3, 0.4) is 0 Å². The number of hydrogen-bond acceptors (Lipinski definition) is 4. The monoisotopic (exact) mass is 368 g/mol. The maximum atomic E-state index is 11.9. The first-order chi connectivity index (χ1) is 11.5. The molecule has 0 radical (unpaired) electrons. The summed E-state index contributed by atoms with van der Waals surface area (Å²) in [5.74, 6) is -0.168. The first-order valence-corrected chi connectivity index (χ1v) is 7.56. The lowest BCUT2D eigenvalue weighted by molar-refractivity contribution is -0.123. The predicted molar refractivity (Wildman–Crippen MR) is 90.6 cm³/mol. The largest absolute Gasteiger partial charge is 0.493 e. The van der Waals surface area contributed by atoms with E-state index in [9.17, 15) is 9.59 Å². The standard InChI is InChI=1S/C16H14Cl2N2O4/c1-23-13-4-2-3-5-14(13)24-9-15(21)19-20-16(22)10-6-11(17)8-12(18)7-10/h2-8H,9H2,1H3,(H,19,21)(H,20,22). The molecule has 0 aliphatic carbocycles. The molecule has 2 amide bonds. The summed E-state index contributed by atoms with van der Waals surface area (Å²) in [6.07, 6.45) is 0. The van der Waals surface area contributed by atoms with Gasteiger partial charge in [-0.15, -0.1) is 0 Å². The first-order valence-electron chi connectivity index (χ1n) is 6.80. The molecule has 0 aromatic heterocycles. The van der Waals surface area contributed by atoms with E-state index in [0.29, 0.717) is 21.5 Å². The van der Waals surface area contributed by atoms with Gasteiger partial charge in [-0.3, -0.25) is 20.4 Å². The summed E-state index contributed by atoms with van der Waals surface area (Å²) in [6, 6.07) is 11.3. The second-order valence-corrected chi connectivity index (χ2v) is 5.47. The minimum atomic E-state index is -0.551. The average molecular weight is 369 g/mol. The summed E-state index contributed by atoms with van der Waals surface area (Å²) >= 11 is 11.6. The van der Waals surface area contributed by atoms with E-state index in [1.165, 1.54) is 25.3 Å². The topological polar surface area (TPSA) is 76.7 Å². The number of benzene rings is 2. The van der Waals surface area contributed by atoms with Crippen LogP contribution < -0.4 is 20.3 Å². The van der Waals surface area contributed by atoms with Crippen LogP contribution in [0.15, 0.2) is 42.5 Å². The van der Waals surface area contributed by atoms with E-state index < -0.39 is 11.8 Å². The van der Waals surface area contributed by atoms with Gasteiger partial charge < -0.3 is 9.47 Å². The zero-order chi connectivity index (χ0) is 17.5. The number of hydrogen-bond donors (Lipinski definition) is 2. The lowest BCUT2D eigenvalue weighted by Crippen LogP contribution is -2.43. The van der Waals surface area contributed by atoms with Crippen molar-refractivity contribution in [3.63, 3.8) is 0 Å².